The first kappa shape index (κ1) is 11.7. The Morgan fingerprint density at radius 3 is 2.80 bits per heavy atom. The molecule has 0 bridgehead atoms. The van der Waals surface area contributed by atoms with Gasteiger partial charge in [-0.3, -0.25) is 4.79 Å². The van der Waals surface area contributed by atoms with Crippen molar-refractivity contribution in [3.63, 3.8) is 0 Å². The summed E-state index contributed by atoms with van der Waals surface area (Å²) in [6, 6.07) is 3.82. The zero-order chi connectivity index (χ0) is 11.3. The predicted octanol–water partition coefficient (Wildman–Crippen LogP) is 2.05. The molecule has 82 valence electrons. The summed E-state index contributed by atoms with van der Waals surface area (Å²) in [7, 11) is 1.44. The molecule has 1 rings (SSSR count). The summed E-state index contributed by atoms with van der Waals surface area (Å²) in [6.07, 6.45) is 0. The topological polar surface area (TPSA) is 35.5 Å². The Morgan fingerprint density at radius 2 is 2.20 bits per heavy atom. The molecule has 0 radical (unpaired) electrons. The van der Waals surface area contributed by atoms with Crippen molar-refractivity contribution in [1.29, 1.82) is 0 Å². The molecule has 0 aromatic heterocycles. The third-order valence-electron chi connectivity index (χ3n) is 1.90. The van der Waals surface area contributed by atoms with E-state index in [-0.39, 0.29) is 18.0 Å². The monoisotopic (exact) mass is 212 g/mol. The summed E-state index contributed by atoms with van der Waals surface area (Å²) in [5.41, 5.74) is 0.214. The molecular weight excluding hydrogens is 199 g/mol. The maximum atomic E-state index is 12.9. The molecule has 0 amide bonds. The van der Waals surface area contributed by atoms with Crippen LogP contribution in [-0.4, -0.2) is 26.1 Å². The summed E-state index contributed by atoms with van der Waals surface area (Å²) in [5.74, 6) is -0.384. The lowest BCUT2D eigenvalue weighted by molar-refractivity contribution is 0.0780. The molecule has 1 aromatic rings. The van der Waals surface area contributed by atoms with Crippen LogP contribution in [0.5, 0.6) is 5.75 Å². The average Bonchev–Trinajstić information content (AvgIpc) is 2.25. The molecule has 0 fully saturated rings. The number of halogens is 1. The Labute approximate surface area is 87.8 Å². The fourth-order valence-corrected chi connectivity index (χ4v) is 1.17. The number of carbonyl (C=O) groups is 1. The van der Waals surface area contributed by atoms with Crippen LogP contribution in [0.4, 0.5) is 4.39 Å². The van der Waals surface area contributed by atoms with Crippen molar-refractivity contribution in [2.75, 3.05) is 20.3 Å². The van der Waals surface area contributed by atoms with Crippen LogP contribution in [0.3, 0.4) is 0 Å². The van der Waals surface area contributed by atoms with Gasteiger partial charge in [0, 0.05) is 6.61 Å². The predicted molar refractivity (Wildman–Crippen MR) is 53.8 cm³/mol. The van der Waals surface area contributed by atoms with Gasteiger partial charge in [-0.15, -0.1) is 0 Å². The van der Waals surface area contributed by atoms with Crippen molar-refractivity contribution in [3.8, 4) is 5.75 Å². The van der Waals surface area contributed by atoms with Crippen molar-refractivity contribution < 1.29 is 18.7 Å². The van der Waals surface area contributed by atoms with Crippen LogP contribution in [0.25, 0.3) is 0 Å². The summed E-state index contributed by atoms with van der Waals surface area (Å²) >= 11 is 0. The molecule has 0 N–H and O–H groups in total. The van der Waals surface area contributed by atoms with E-state index >= 15 is 0 Å². The molecule has 15 heavy (non-hydrogen) atoms. The third kappa shape index (κ3) is 3.02. The van der Waals surface area contributed by atoms with E-state index in [9.17, 15) is 9.18 Å². The quantitative estimate of drug-likeness (QED) is 0.701. The molecule has 0 aliphatic carbocycles. The van der Waals surface area contributed by atoms with Gasteiger partial charge in [-0.2, -0.15) is 0 Å². The minimum Gasteiger partial charge on any atom is -0.496 e. The highest BCUT2D eigenvalue weighted by atomic mass is 19.1. The average molecular weight is 212 g/mol. The highest BCUT2D eigenvalue weighted by Crippen LogP contribution is 2.19. The van der Waals surface area contributed by atoms with Crippen molar-refractivity contribution in [2.24, 2.45) is 0 Å². The van der Waals surface area contributed by atoms with E-state index in [2.05, 4.69) is 0 Å². The molecule has 3 nitrogen and oxygen atoms in total. The molecule has 4 heteroatoms. The lowest BCUT2D eigenvalue weighted by Crippen LogP contribution is -2.10. The largest absolute Gasteiger partial charge is 0.496 e. The number of hydrogen-bond donors (Lipinski definition) is 0. The standard InChI is InChI=1S/C11H13FO3/c1-3-15-7-10(13)9-6-8(12)4-5-11(9)14-2/h4-6H,3,7H2,1-2H3. The number of carbonyl (C=O) groups excluding carboxylic acids is 1. The van der Waals surface area contributed by atoms with Gasteiger partial charge in [-0.05, 0) is 25.1 Å². The number of benzene rings is 1. The van der Waals surface area contributed by atoms with Gasteiger partial charge in [-0.25, -0.2) is 4.39 Å². The van der Waals surface area contributed by atoms with Crippen LogP contribution in [0, 0.1) is 5.82 Å². The number of methoxy groups -OCH3 is 1. The third-order valence-corrected chi connectivity index (χ3v) is 1.90. The van der Waals surface area contributed by atoms with Gasteiger partial charge in [0.1, 0.15) is 18.2 Å². The molecule has 0 unspecified atom stereocenters. The molecule has 1 aromatic carbocycles. The number of hydrogen-bond acceptors (Lipinski definition) is 3. The number of ketones is 1. The van der Waals surface area contributed by atoms with Crippen LogP contribution < -0.4 is 4.74 Å². The van der Waals surface area contributed by atoms with Gasteiger partial charge in [-0.1, -0.05) is 0 Å². The highest BCUT2D eigenvalue weighted by Gasteiger charge is 2.12. The van der Waals surface area contributed by atoms with Gasteiger partial charge in [0.25, 0.3) is 0 Å². The second-order valence-electron chi connectivity index (χ2n) is 2.90. The van der Waals surface area contributed by atoms with E-state index in [1.165, 1.54) is 19.2 Å². The fourth-order valence-electron chi connectivity index (χ4n) is 1.17. The highest BCUT2D eigenvalue weighted by molar-refractivity contribution is 5.99. The number of ether oxygens (including phenoxy) is 2. The van der Waals surface area contributed by atoms with Crippen LogP contribution in [0.2, 0.25) is 0 Å². The maximum absolute atomic E-state index is 12.9. The fraction of sp³-hybridized carbons (Fsp3) is 0.364. The van der Waals surface area contributed by atoms with E-state index in [1.807, 2.05) is 0 Å². The molecular formula is C11H13FO3. The lowest BCUT2D eigenvalue weighted by atomic mass is 10.1. The Bertz CT molecular complexity index is 350. The Balaban J connectivity index is 2.90. The number of Topliss-reactive ketones (excluding diaryl/α,β-unsaturated/α-hetero) is 1. The van der Waals surface area contributed by atoms with E-state index in [0.717, 1.165) is 6.07 Å². The molecule has 0 spiro atoms. The Morgan fingerprint density at radius 1 is 1.47 bits per heavy atom. The smallest absolute Gasteiger partial charge is 0.192 e. The first-order valence-electron chi connectivity index (χ1n) is 4.63. The zero-order valence-corrected chi connectivity index (χ0v) is 8.75. The molecule has 0 saturated heterocycles. The molecule has 0 aliphatic heterocycles. The van der Waals surface area contributed by atoms with E-state index < -0.39 is 5.82 Å². The second-order valence-corrected chi connectivity index (χ2v) is 2.90. The minimum absolute atomic E-state index is 0.0592. The number of rotatable bonds is 5. The lowest BCUT2D eigenvalue weighted by Gasteiger charge is -2.07. The minimum atomic E-state index is -0.462. The summed E-state index contributed by atoms with van der Waals surface area (Å²) in [6.45, 7) is 2.18. The van der Waals surface area contributed by atoms with Crippen LogP contribution >= 0.6 is 0 Å². The van der Waals surface area contributed by atoms with Gasteiger partial charge >= 0.3 is 0 Å². The summed E-state index contributed by atoms with van der Waals surface area (Å²) < 4.78 is 22.8. The molecule has 0 atom stereocenters. The zero-order valence-electron chi connectivity index (χ0n) is 8.75. The van der Waals surface area contributed by atoms with E-state index in [1.54, 1.807) is 6.92 Å². The Kier molecular flexibility index (Phi) is 4.24. The molecule has 0 aliphatic rings. The molecule has 0 saturated carbocycles. The van der Waals surface area contributed by atoms with Gasteiger partial charge in [0.15, 0.2) is 5.78 Å². The SMILES string of the molecule is CCOCC(=O)c1cc(F)ccc1OC. The Hall–Kier alpha value is -1.42. The summed E-state index contributed by atoms with van der Waals surface area (Å²) in [4.78, 5) is 11.6. The van der Waals surface area contributed by atoms with Crippen molar-refractivity contribution >= 4 is 5.78 Å². The van der Waals surface area contributed by atoms with Crippen LogP contribution in [0.15, 0.2) is 18.2 Å². The summed E-state index contributed by atoms with van der Waals surface area (Å²) in [5, 5.41) is 0. The van der Waals surface area contributed by atoms with Crippen molar-refractivity contribution in [3.05, 3.63) is 29.6 Å². The van der Waals surface area contributed by atoms with Gasteiger partial charge < -0.3 is 9.47 Å². The normalized spacial score (nSPS) is 10.1. The van der Waals surface area contributed by atoms with Crippen LogP contribution in [-0.2, 0) is 4.74 Å². The molecule has 0 heterocycles. The van der Waals surface area contributed by atoms with Crippen LogP contribution in [0.1, 0.15) is 17.3 Å². The second kappa shape index (κ2) is 5.46. The first-order valence-corrected chi connectivity index (χ1v) is 4.63. The van der Waals surface area contributed by atoms with Crippen molar-refractivity contribution in [2.45, 2.75) is 6.92 Å². The van der Waals surface area contributed by atoms with Gasteiger partial charge in [0.2, 0.25) is 0 Å². The van der Waals surface area contributed by atoms with Gasteiger partial charge in [0.05, 0.1) is 12.7 Å². The van der Waals surface area contributed by atoms with E-state index in [4.69, 9.17) is 9.47 Å². The van der Waals surface area contributed by atoms with Crippen molar-refractivity contribution in [1.82, 2.24) is 0 Å². The first-order chi connectivity index (χ1) is 7.19. The van der Waals surface area contributed by atoms with E-state index in [0.29, 0.717) is 12.4 Å². The maximum Gasteiger partial charge on any atom is 0.192 e.